The van der Waals surface area contributed by atoms with Gasteiger partial charge >= 0.3 is 0 Å². The molecule has 0 saturated carbocycles. The summed E-state index contributed by atoms with van der Waals surface area (Å²) in [7, 11) is 0. The zero-order chi connectivity index (χ0) is 29.1. The number of aryl methyl sites for hydroxylation is 2. The van der Waals surface area contributed by atoms with Gasteiger partial charge in [-0.15, -0.1) is 0 Å². The van der Waals surface area contributed by atoms with Crippen LogP contribution in [0.5, 0.6) is 0 Å². The van der Waals surface area contributed by atoms with Gasteiger partial charge in [0.15, 0.2) is 0 Å². The first-order valence-electron chi connectivity index (χ1n) is 13.9. The van der Waals surface area contributed by atoms with Gasteiger partial charge in [-0.2, -0.15) is 0 Å². The van der Waals surface area contributed by atoms with Crippen LogP contribution in [0.15, 0.2) is 146 Å². The van der Waals surface area contributed by atoms with Gasteiger partial charge in [-0.3, -0.25) is 0 Å². The lowest BCUT2D eigenvalue weighted by Gasteiger charge is -2.28. The molecule has 6 aromatic rings. The smallest absolute Gasteiger partial charge is 0.0606 e. The fraction of sp³-hybridized carbons (Fsp3) is 0.0526. The van der Waals surface area contributed by atoms with E-state index in [4.69, 9.17) is 0 Å². The number of hydrogen-bond acceptors (Lipinski definition) is 2. The zero-order valence-electron chi connectivity index (χ0n) is 23.5. The van der Waals surface area contributed by atoms with Crippen LogP contribution in [-0.2, 0) is 0 Å². The van der Waals surface area contributed by atoms with Crippen molar-refractivity contribution >= 4 is 79.3 Å². The molecule has 0 bridgehead atoms. The fourth-order valence-electron chi connectivity index (χ4n) is 5.29. The van der Waals surface area contributed by atoms with Crippen molar-refractivity contribution in [3.05, 3.63) is 164 Å². The topological polar surface area (TPSA) is 6.48 Å². The number of hydrogen-bond donors (Lipinski definition) is 0. The van der Waals surface area contributed by atoms with Crippen LogP contribution in [0.25, 0.3) is 11.1 Å². The first-order valence-corrected chi connectivity index (χ1v) is 16.1. The van der Waals surface area contributed by atoms with Gasteiger partial charge in [0.2, 0.25) is 0 Å². The maximum atomic E-state index is 2.51. The molecule has 42 heavy (non-hydrogen) atoms. The summed E-state index contributed by atoms with van der Waals surface area (Å²) in [6, 6.07) is 52.0. The zero-order valence-corrected chi connectivity index (χ0v) is 27.8. The third-order valence-electron chi connectivity index (χ3n) is 7.29. The van der Waals surface area contributed by atoms with Crippen molar-refractivity contribution in [1.82, 2.24) is 0 Å². The maximum absolute atomic E-state index is 2.51. The number of para-hydroxylation sites is 2. The Morgan fingerprint density at radius 3 is 1.43 bits per heavy atom. The van der Waals surface area contributed by atoms with Gasteiger partial charge in [0, 0.05) is 32.0 Å². The highest BCUT2D eigenvalue weighted by atomic mass is 127. The van der Waals surface area contributed by atoms with E-state index in [1.54, 1.807) is 0 Å². The summed E-state index contributed by atoms with van der Waals surface area (Å²) < 4.78 is 2.47. The first kappa shape index (κ1) is 28.5. The minimum absolute atomic E-state index is 1.13. The Kier molecular flexibility index (Phi) is 8.63. The van der Waals surface area contributed by atoms with Gasteiger partial charge in [-0.05, 0) is 148 Å². The molecule has 0 fully saturated rings. The lowest BCUT2D eigenvalue weighted by molar-refractivity contribution is 1.25. The number of rotatable bonds is 7. The quantitative estimate of drug-likeness (QED) is 0.149. The normalized spacial score (nSPS) is 10.9. The van der Waals surface area contributed by atoms with Crippen LogP contribution in [0, 0.1) is 21.0 Å². The second-order valence-electron chi connectivity index (χ2n) is 10.3. The van der Waals surface area contributed by atoms with E-state index in [0.29, 0.717) is 0 Å². The minimum Gasteiger partial charge on any atom is -0.310 e. The van der Waals surface area contributed by atoms with E-state index >= 15 is 0 Å². The number of anilines is 6. The van der Waals surface area contributed by atoms with Crippen LogP contribution in [0.1, 0.15) is 11.1 Å². The van der Waals surface area contributed by atoms with Crippen molar-refractivity contribution in [2.45, 2.75) is 13.8 Å². The van der Waals surface area contributed by atoms with Crippen molar-refractivity contribution in [3.63, 3.8) is 0 Å². The highest BCUT2D eigenvalue weighted by Crippen LogP contribution is 2.42. The van der Waals surface area contributed by atoms with E-state index < -0.39 is 0 Å². The van der Waals surface area contributed by atoms with Gasteiger partial charge in [0.05, 0.1) is 9.26 Å². The van der Waals surface area contributed by atoms with Gasteiger partial charge in [0.25, 0.3) is 0 Å². The Morgan fingerprint density at radius 1 is 0.405 bits per heavy atom. The second-order valence-corrected chi connectivity index (χ2v) is 12.5. The van der Waals surface area contributed by atoms with E-state index in [2.05, 4.69) is 214 Å². The van der Waals surface area contributed by atoms with Crippen LogP contribution < -0.4 is 9.80 Å². The van der Waals surface area contributed by atoms with E-state index in [0.717, 1.165) is 28.4 Å². The summed E-state index contributed by atoms with van der Waals surface area (Å²) in [6.45, 7) is 4.28. The monoisotopic (exact) mass is 768 g/mol. The predicted octanol–water partition coefficient (Wildman–Crippen LogP) is 12.1. The molecule has 0 aliphatic heterocycles. The van der Waals surface area contributed by atoms with E-state index in [1.807, 2.05) is 0 Å². The molecule has 0 spiro atoms. The second kappa shape index (κ2) is 12.7. The molecule has 2 nitrogen and oxygen atoms in total. The van der Waals surface area contributed by atoms with Crippen molar-refractivity contribution in [1.29, 1.82) is 0 Å². The minimum atomic E-state index is 1.13. The molecule has 0 atom stereocenters. The van der Waals surface area contributed by atoms with E-state index in [1.165, 1.54) is 35.1 Å². The van der Waals surface area contributed by atoms with Gasteiger partial charge in [-0.1, -0.05) is 78.9 Å². The van der Waals surface area contributed by atoms with Crippen LogP contribution in [0.3, 0.4) is 0 Å². The van der Waals surface area contributed by atoms with Crippen molar-refractivity contribution < 1.29 is 0 Å². The third kappa shape index (κ3) is 5.96. The predicted molar refractivity (Wildman–Crippen MR) is 196 cm³/mol. The Labute approximate surface area is 275 Å². The van der Waals surface area contributed by atoms with E-state index in [-0.39, 0.29) is 0 Å². The summed E-state index contributed by atoms with van der Waals surface area (Å²) in [5.74, 6) is 0. The van der Waals surface area contributed by atoms with E-state index in [9.17, 15) is 0 Å². The summed E-state index contributed by atoms with van der Waals surface area (Å²) in [4.78, 5) is 4.66. The van der Waals surface area contributed by atoms with Crippen LogP contribution in [0.4, 0.5) is 34.1 Å². The molecule has 0 N–H and O–H groups in total. The number of benzene rings is 6. The summed E-state index contributed by atoms with van der Waals surface area (Å²) in [5.41, 5.74) is 11.8. The van der Waals surface area contributed by atoms with Crippen LogP contribution >= 0.6 is 45.2 Å². The lowest BCUT2D eigenvalue weighted by atomic mass is 10.0. The Bertz CT molecular complexity index is 1820. The van der Waals surface area contributed by atoms with Crippen LogP contribution in [0.2, 0.25) is 0 Å². The van der Waals surface area contributed by atoms with Gasteiger partial charge < -0.3 is 9.80 Å². The molecule has 0 amide bonds. The molecule has 0 aliphatic carbocycles. The molecule has 0 radical (unpaired) electrons. The average Bonchev–Trinajstić information content (AvgIpc) is 3.01. The SMILES string of the molecule is Cc1cccc(N(c2ccccc2)c2ccc(-c3ccc(N(c4ccccc4)c4cccc(C)c4)c(I)c3I)cc2)c1. The summed E-state index contributed by atoms with van der Waals surface area (Å²) in [6.07, 6.45) is 0. The third-order valence-corrected chi connectivity index (χ3v) is 10.5. The number of nitrogens with zero attached hydrogens (tertiary/aromatic N) is 2. The fourth-order valence-corrected chi connectivity index (χ4v) is 6.77. The highest BCUT2D eigenvalue weighted by molar-refractivity contribution is 14.1. The molecule has 0 heterocycles. The molecule has 0 aromatic heterocycles. The summed E-state index contributed by atoms with van der Waals surface area (Å²) >= 11 is 5.03. The molecule has 6 aromatic carbocycles. The summed E-state index contributed by atoms with van der Waals surface area (Å²) in [5, 5.41) is 0. The Hall–Kier alpha value is -3.62. The van der Waals surface area contributed by atoms with Gasteiger partial charge in [-0.25, -0.2) is 0 Å². The standard InChI is InChI=1S/C38H30I2N2/c1-27-11-9-17-33(25-27)41(30-13-5-3-6-14-30)32-21-19-29(20-22-32)35-23-24-36(38(40)37(35)39)42(31-15-7-4-8-16-31)34-18-10-12-28(2)26-34/h3-26H,1-2H3. The molecule has 0 aliphatic rings. The molecular formula is C38H30I2N2. The van der Waals surface area contributed by atoms with Crippen LogP contribution in [-0.4, -0.2) is 0 Å². The molecule has 6 rings (SSSR count). The van der Waals surface area contributed by atoms with Crippen molar-refractivity contribution in [2.75, 3.05) is 9.80 Å². The van der Waals surface area contributed by atoms with Crippen molar-refractivity contribution in [2.24, 2.45) is 0 Å². The van der Waals surface area contributed by atoms with Crippen molar-refractivity contribution in [3.8, 4) is 11.1 Å². The number of halogens is 2. The largest absolute Gasteiger partial charge is 0.310 e. The molecule has 4 heteroatoms. The molecule has 0 saturated heterocycles. The van der Waals surface area contributed by atoms with Gasteiger partial charge in [0.1, 0.15) is 0 Å². The molecule has 0 unspecified atom stereocenters. The maximum Gasteiger partial charge on any atom is 0.0606 e. The highest BCUT2D eigenvalue weighted by Gasteiger charge is 2.19. The molecular weight excluding hydrogens is 738 g/mol. The average molecular weight is 768 g/mol. The Balaban J connectivity index is 1.39. The lowest BCUT2D eigenvalue weighted by Crippen LogP contribution is -2.12. The first-order chi connectivity index (χ1) is 20.5. The molecule has 206 valence electrons. The Morgan fingerprint density at radius 2 is 0.881 bits per heavy atom.